The number of hydrogen-bond acceptors (Lipinski definition) is 5. The van der Waals surface area contributed by atoms with E-state index in [1.807, 2.05) is 30.3 Å². The van der Waals surface area contributed by atoms with Crippen molar-refractivity contribution in [3.05, 3.63) is 60.4 Å². The zero-order chi connectivity index (χ0) is 15.2. The predicted octanol–water partition coefficient (Wildman–Crippen LogP) is 2.70. The van der Waals surface area contributed by atoms with Gasteiger partial charge in [0.1, 0.15) is 0 Å². The molecule has 0 saturated carbocycles. The smallest absolute Gasteiger partial charge is 0.322 e. The van der Waals surface area contributed by atoms with Crippen molar-refractivity contribution in [3.8, 4) is 11.5 Å². The Bertz CT molecular complexity index is 741. The molecule has 0 spiro atoms. The lowest BCUT2D eigenvalue weighted by atomic mass is 10.1. The molecule has 3 aromatic rings. The molecule has 2 aromatic heterocycles. The molecule has 0 saturated heterocycles. The number of aromatic nitrogens is 3. The van der Waals surface area contributed by atoms with E-state index in [1.165, 1.54) is 0 Å². The molecule has 6 heteroatoms. The molecule has 1 amide bonds. The summed E-state index contributed by atoms with van der Waals surface area (Å²) in [5.41, 5.74) is 1.87. The van der Waals surface area contributed by atoms with E-state index in [1.54, 1.807) is 24.5 Å². The minimum atomic E-state index is -0.159. The van der Waals surface area contributed by atoms with E-state index in [4.69, 9.17) is 4.42 Å². The van der Waals surface area contributed by atoms with Crippen LogP contribution >= 0.6 is 0 Å². The molecule has 0 aliphatic rings. The predicted molar refractivity (Wildman–Crippen MR) is 80.9 cm³/mol. The van der Waals surface area contributed by atoms with Gasteiger partial charge in [0.2, 0.25) is 11.8 Å². The lowest BCUT2D eigenvalue weighted by Crippen LogP contribution is -2.12. The normalized spacial score (nSPS) is 10.4. The first-order valence-electron chi connectivity index (χ1n) is 6.89. The second-order valence-corrected chi connectivity index (χ2v) is 4.68. The van der Waals surface area contributed by atoms with Crippen LogP contribution in [-0.2, 0) is 11.2 Å². The molecule has 110 valence electrons. The van der Waals surface area contributed by atoms with E-state index in [0.717, 1.165) is 11.1 Å². The number of pyridine rings is 1. The molecule has 0 atom stereocenters. The third-order valence-corrected chi connectivity index (χ3v) is 3.08. The molecule has 3 rings (SSSR count). The highest BCUT2D eigenvalue weighted by Gasteiger charge is 2.11. The van der Waals surface area contributed by atoms with E-state index < -0.39 is 0 Å². The van der Waals surface area contributed by atoms with Crippen molar-refractivity contribution < 1.29 is 9.21 Å². The number of carbonyl (C=O) groups excluding carboxylic acids is 1. The Balaban J connectivity index is 1.57. The van der Waals surface area contributed by atoms with Crippen LogP contribution in [0.2, 0.25) is 0 Å². The van der Waals surface area contributed by atoms with Gasteiger partial charge in [-0.05, 0) is 24.1 Å². The average Bonchev–Trinajstić information content (AvgIpc) is 3.03. The minimum Gasteiger partial charge on any atom is -0.403 e. The van der Waals surface area contributed by atoms with Crippen molar-refractivity contribution in [1.29, 1.82) is 0 Å². The van der Waals surface area contributed by atoms with Crippen molar-refractivity contribution in [1.82, 2.24) is 15.2 Å². The molecule has 0 fully saturated rings. The molecule has 1 aromatic carbocycles. The fourth-order valence-electron chi connectivity index (χ4n) is 1.97. The van der Waals surface area contributed by atoms with Crippen LogP contribution in [0.25, 0.3) is 11.5 Å². The van der Waals surface area contributed by atoms with Crippen LogP contribution in [-0.4, -0.2) is 21.1 Å². The molecule has 6 nitrogen and oxygen atoms in total. The molecule has 22 heavy (non-hydrogen) atoms. The number of anilines is 1. The average molecular weight is 294 g/mol. The van der Waals surface area contributed by atoms with Gasteiger partial charge < -0.3 is 4.42 Å². The van der Waals surface area contributed by atoms with Gasteiger partial charge in [-0.25, -0.2) is 0 Å². The second kappa shape index (κ2) is 6.62. The Labute approximate surface area is 127 Å². The zero-order valence-electron chi connectivity index (χ0n) is 11.8. The van der Waals surface area contributed by atoms with Gasteiger partial charge in [0.25, 0.3) is 0 Å². The van der Waals surface area contributed by atoms with E-state index in [9.17, 15) is 4.79 Å². The minimum absolute atomic E-state index is 0.102. The van der Waals surface area contributed by atoms with Crippen molar-refractivity contribution in [2.24, 2.45) is 0 Å². The van der Waals surface area contributed by atoms with Gasteiger partial charge in [-0.15, -0.1) is 5.10 Å². The highest BCUT2D eigenvalue weighted by molar-refractivity contribution is 5.88. The topological polar surface area (TPSA) is 80.9 Å². The number of nitrogens with zero attached hydrogens (tertiary/aromatic N) is 3. The number of hydrogen-bond donors (Lipinski definition) is 1. The third-order valence-electron chi connectivity index (χ3n) is 3.08. The second-order valence-electron chi connectivity index (χ2n) is 4.68. The highest BCUT2D eigenvalue weighted by atomic mass is 16.4. The SMILES string of the molecule is O=C(CCc1ccccc1)Nc1nnc(-c2ccncc2)o1. The van der Waals surface area contributed by atoms with E-state index in [2.05, 4.69) is 20.5 Å². The van der Waals surface area contributed by atoms with Crippen molar-refractivity contribution in [2.75, 3.05) is 5.32 Å². The number of aryl methyl sites for hydroxylation is 1. The molecule has 0 unspecified atom stereocenters. The van der Waals surface area contributed by atoms with E-state index in [0.29, 0.717) is 18.7 Å². The number of amides is 1. The molecule has 0 aliphatic heterocycles. The van der Waals surface area contributed by atoms with Crippen LogP contribution in [0.15, 0.2) is 59.3 Å². The van der Waals surface area contributed by atoms with Crippen LogP contribution in [0.5, 0.6) is 0 Å². The van der Waals surface area contributed by atoms with Crippen LogP contribution in [0, 0.1) is 0 Å². The number of carbonyl (C=O) groups is 1. The summed E-state index contributed by atoms with van der Waals surface area (Å²) in [7, 11) is 0. The fraction of sp³-hybridized carbons (Fsp3) is 0.125. The molecule has 2 heterocycles. The van der Waals surface area contributed by atoms with E-state index in [-0.39, 0.29) is 11.9 Å². The Morgan fingerprint density at radius 2 is 1.82 bits per heavy atom. The number of nitrogens with one attached hydrogen (secondary N) is 1. The summed E-state index contributed by atoms with van der Waals surface area (Å²) in [6.07, 6.45) is 4.30. The molecule has 0 aliphatic carbocycles. The Kier molecular flexibility index (Phi) is 4.20. The maximum Gasteiger partial charge on any atom is 0.322 e. The maximum atomic E-state index is 11.9. The van der Waals surface area contributed by atoms with Crippen LogP contribution in [0.1, 0.15) is 12.0 Å². The quantitative estimate of drug-likeness (QED) is 0.782. The van der Waals surface area contributed by atoms with Gasteiger partial charge in [0.15, 0.2) is 0 Å². The first-order chi connectivity index (χ1) is 10.8. The van der Waals surface area contributed by atoms with Gasteiger partial charge in [0, 0.05) is 24.4 Å². The largest absolute Gasteiger partial charge is 0.403 e. The number of rotatable bonds is 5. The zero-order valence-corrected chi connectivity index (χ0v) is 11.8. The summed E-state index contributed by atoms with van der Waals surface area (Å²) in [5.74, 6) is 0.189. The van der Waals surface area contributed by atoms with Crippen molar-refractivity contribution in [3.63, 3.8) is 0 Å². The lowest BCUT2D eigenvalue weighted by Gasteiger charge is -2.01. The molecular weight excluding hydrogens is 280 g/mol. The monoisotopic (exact) mass is 294 g/mol. The Morgan fingerprint density at radius 3 is 2.59 bits per heavy atom. The van der Waals surface area contributed by atoms with Gasteiger partial charge in [-0.3, -0.25) is 15.1 Å². The van der Waals surface area contributed by atoms with Crippen molar-refractivity contribution >= 4 is 11.9 Å². The molecule has 0 radical (unpaired) electrons. The first-order valence-corrected chi connectivity index (χ1v) is 6.89. The number of benzene rings is 1. The standard InChI is InChI=1S/C16H14N4O2/c21-14(7-6-12-4-2-1-3-5-12)18-16-20-19-15(22-16)13-8-10-17-11-9-13/h1-5,8-11H,6-7H2,(H,18,20,21). The van der Waals surface area contributed by atoms with Gasteiger partial charge >= 0.3 is 6.01 Å². The summed E-state index contributed by atoms with van der Waals surface area (Å²) in [5, 5.41) is 10.3. The highest BCUT2D eigenvalue weighted by Crippen LogP contribution is 2.18. The summed E-state index contributed by atoms with van der Waals surface area (Å²) >= 11 is 0. The van der Waals surface area contributed by atoms with Crippen molar-refractivity contribution in [2.45, 2.75) is 12.8 Å². The maximum absolute atomic E-state index is 11.9. The third kappa shape index (κ3) is 3.54. The van der Waals surface area contributed by atoms with E-state index >= 15 is 0 Å². The van der Waals surface area contributed by atoms with Gasteiger partial charge in [0.05, 0.1) is 0 Å². The van der Waals surface area contributed by atoms with Crippen LogP contribution < -0.4 is 5.32 Å². The van der Waals surface area contributed by atoms with Gasteiger partial charge in [-0.2, -0.15) is 0 Å². The Hall–Kier alpha value is -3.02. The van der Waals surface area contributed by atoms with Crippen LogP contribution in [0.4, 0.5) is 6.01 Å². The summed E-state index contributed by atoms with van der Waals surface area (Å²) < 4.78 is 5.41. The summed E-state index contributed by atoms with van der Waals surface area (Å²) in [6, 6.07) is 13.4. The fourth-order valence-corrected chi connectivity index (χ4v) is 1.97. The summed E-state index contributed by atoms with van der Waals surface area (Å²) in [4.78, 5) is 15.8. The van der Waals surface area contributed by atoms with Gasteiger partial charge in [-0.1, -0.05) is 35.4 Å². The Morgan fingerprint density at radius 1 is 1.05 bits per heavy atom. The summed E-state index contributed by atoms with van der Waals surface area (Å²) in [6.45, 7) is 0. The lowest BCUT2D eigenvalue weighted by molar-refractivity contribution is -0.116. The molecule has 0 bridgehead atoms. The first kappa shape index (κ1) is 13.9. The molecular formula is C16H14N4O2. The molecule has 1 N–H and O–H groups in total. The van der Waals surface area contributed by atoms with Crippen LogP contribution in [0.3, 0.4) is 0 Å².